The normalized spacial score (nSPS) is 11.0. The van der Waals surface area contributed by atoms with E-state index in [2.05, 4.69) is 34.2 Å². The van der Waals surface area contributed by atoms with Crippen LogP contribution in [-0.2, 0) is 19.6 Å². The number of aliphatic hydroxyl groups excluding tert-OH is 1. The first-order valence-electron chi connectivity index (χ1n) is 6.31. The molecule has 96 valence electrons. The van der Waals surface area contributed by atoms with E-state index in [1.807, 2.05) is 16.8 Å². The van der Waals surface area contributed by atoms with E-state index in [0.717, 1.165) is 29.6 Å². The molecule has 3 rings (SSSR count). The van der Waals surface area contributed by atoms with E-state index in [1.165, 1.54) is 5.56 Å². The Kier molecular flexibility index (Phi) is 3.25. The Hall–Kier alpha value is -2.20. The number of hydrogen-bond acceptors (Lipinski definition) is 3. The molecule has 0 fully saturated rings. The van der Waals surface area contributed by atoms with Crippen molar-refractivity contribution in [1.29, 1.82) is 0 Å². The second-order valence-electron chi connectivity index (χ2n) is 4.48. The summed E-state index contributed by atoms with van der Waals surface area (Å²) in [4.78, 5) is 8.50. The molecule has 0 radical (unpaired) electrons. The fourth-order valence-corrected chi connectivity index (χ4v) is 2.29. The Morgan fingerprint density at radius 3 is 2.95 bits per heavy atom. The highest BCUT2D eigenvalue weighted by Crippen LogP contribution is 2.17. The molecule has 0 aliphatic heterocycles. The molecule has 0 saturated carbocycles. The lowest BCUT2D eigenvalue weighted by molar-refractivity contribution is 0.270. The van der Waals surface area contributed by atoms with Crippen molar-refractivity contribution >= 4 is 10.9 Å². The first-order valence-corrected chi connectivity index (χ1v) is 6.31. The summed E-state index contributed by atoms with van der Waals surface area (Å²) in [5, 5.41) is 10.4. The third-order valence-electron chi connectivity index (χ3n) is 3.30. The van der Waals surface area contributed by atoms with Gasteiger partial charge in [0, 0.05) is 18.1 Å². The summed E-state index contributed by atoms with van der Waals surface area (Å²) >= 11 is 0. The number of pyridine rings is 1. The predicted octanol–water partition coefficient (Wildman–Crippen LogP) is 2.17. The van der Waals surface area contributed by atoms with Crippen LogP contribution < -0.4 is 0 Å². The molecule has 0 aliphatic rings. The van der Waals surface area contributed by atoms with Crippen LogP contribution in [0.15, 0.2) is 49.1 Å². The highest BCUT2D eigenvalue weighted by Gasteiger charge is 2.04. The Morgan fingerprint density at radius 1 is 1.16 bits per heavy atom. The maximum absolute atomic E-state index is 9.20. The minimum atomic E-state index is 0.0216. The van der Waals surface area contributed by atoms with E-state index in [1.54, 1.807) is 12.5 Å². The Morgan fingerprint density at radius 2 is 2.05 bits per heavy atom. The van der Waals surface area contributed by atoms with Crippen molar-refractivity contribution in [2.75, 3.05) is 0 Å². The maximum Gasteiger partial charge on any atom is 0.0948 e. The van der Waals surface area contributed by atoms with E-state index in [0.29, 0.717) is 0 Å². The number of aromatic nitrogens is 3. The molecule has 0 saturated heterocycles. The molecule has 0 aliphatic carbocycles. The van der Waals surface area contributed by atoms with Crippen LogP contribution >= 0.6 is 0 Å². The molecule has 1 aromatic carbocycles. The number of fused-ring (bicyclic) bond motifs is 1. The summed E-state index contributed by atoms with van der Waals surface area (Å²) in [5.74, 6) is 0. The number of para-hydroxylation sites is 1. The number of rotatable bonds is 4. The molecule has 0 spiro atoms. The van der Waals surface area contributed by atoms with Gasteiger partial charge in [-0.3, -0.25) is 4.98 Å². The van der Waals surface area contributed by atoms with E-state index in [9.17, 15) is 5.11 Å². The van der Waals surface area contributed by atoms with E-state index < -0.39 is 0 Å². The quantitative estimate of drug-likeness (QED) is 0.775. The minimum Gasteiger partial charge on any atom is -0.390 e. The number of hydrogen-bond donors (Lipinski definition) is 1. The van der Waals surface area contributed by atoms with Gasteiger partial charge in [-0.25, -0.2) is 4.98 Å². The lowest BCUT2D eigenvalue weighted by Crippen LogP contribution is -2.04. The summed E-state index contributed by atoms with van der Waals surface area (Å²) in [6.07, 6.45) is 6.14. The number of benzene rings is 1. The zero-order valence-electron chi connectivity index (χ0n) is 10.5. The molecule has 0 atom stereocenters. The Balaban J connectivity index is 1.86. The lowest BCUT2D eigenvalue weighted by Gasteiger charge is -2.08. The molecule has 4 nitrogen and oxygen atoms in total. The fraction of sp³-hybridized carbons (Fsp3) is 0.200. The highest BCUT2D eigenvalue weighted by molar-refractivity contribution is 5.81. The van der Waals surface area contributed by atoms with Crippen LogP contribution in [0.2, 0.25) is 0 Å². The van der Waals surface area contributed by atoms with Crippen molar-refractivity contribution in [1.82, 2.24) is 14.5 Å². The van der Waals surface area contributed by atoms with Gasteiger partial charge in [-0.1, -0.05) is 24.3 Å². The minimum absolute atomic E-state index is 0.0216. The maximum atomic E-state index is 9.20. The van der Waals surface area contributed by atoms with Crippen molar-refractivity contribution in [3.8, 4) is 0 Å². The van der Waals surface area contributed by atoms with Crippen molar-refractivity contribution in [2.45, 2.75) is 19.6 Å². The zero-order chi connectivity index (χ0) is 13.1. The van der Waals surface area contributed by atoms with Crippen LogP contribution in [0, 0.1) is 0 Å². The van der Waals surface area contributed by atoms with Crippen LogP contribution in [-0.4, -0.2) is 19.6 Å². The molecule has 4 heteroatoms. The number of aryl methyl sites for hydroxylation is 2. The first-order chi connectivity index (χ1) is 9.38. The Labute approximate surface area is 111 Å². The monoisotopic (exact) mass is 253 g/mol. The topological polar surface area (TPSA) is 50.9 Å². The van der Waals surface area contributed by atoms with Gasteiger partial charge in [0.1, 0.15) is 0 Å². The fourth-order valence-electron chi connectivity index (χ4n) is 2.29. The van der Waals surface area contributed by atoms with Crippen LogP contribution in [0.3, 0.4) is 0 Å². The summed E-state index contributed by atoms with van der Waals surface area (Å²) in [7, 11) is 0. The SMILES string of the molecule is OCc1cncn1CCc1cccc2cccnc12. The summed E-state index contributed by atoms with van der Waals surface area (Å²) in [6.45, 7) is 0.819. The van der Waals surface area contributed by atoms with Gasteiger partial charge >= 0.3 is 0 Å². The number of nitrogens with zero attached hydrogens (tertiary/aromatic N) is 3. The molecule has 0 unspecified atom stereocenters. The molecule has 0 bridgehead atoms. The van der Waals surface area contributed by atoms with E-state index >= 15 is 0 Å². The lowest BCUT2D eigenvalue weighted by atomic mass is 10.1. The van der Waals surface area contributed by atoms with Gasteiger partial charge in [0.05, 0.1) is 30.3 Å². The molecule has 3 aromatic rings. The third-order valence-corrected chi connectivity index (χ3v) is 3.30. The summed E-state index contributed by atoms with van der Waals surface area (Å²) in [5.41, 5.74) is 3.11. The first kappa shape index (κ1) is 11.9. The van der Waals surface area contributed by atoms with Gasteiger partial charge in [0.15, 0.2) is 0 Å². The summed E-state index contributed by atoms with van der Waals surface area (Å²) in [6, 6.07) is 10.3. The predicted molar refractivity (Wildman–Crippen MR) is 73.6 cm³/mol. The smallest absolute Gasteiger partial charge is 0.0948 e. The van der Waals surface area contributed by atoms with Crippen molar-refractivity contribution in [3.05, 3.63) is 60.3 Å². The van der Waals surface area contributed by atoms with Crippen molar-refractivity contribution < 1.29 is 5.11 Å². The van der Waals surface area contributed by atoms with Gasteiger partial charge < -0.3 is 9.67 Å². The molecule has 2 heterocycles. The van der Waals surface area contributed by atoms with Gasteiger partial charge in [-0.2, -0.15) is 0 Å². The van der Waals surface area contributed by atoms with E-state index in [-0.39, 0.29) is 6.61 Å². The molecular weight excluding hydrogens is 238 g/mol. The molecular formula is C15H15N3O. The average molecular weight is 253 g/mol. The van der Waals surface area contributed by atoms with Crippen LogP contribution in [0.4, 0.5) is 0 Å². The van der Waals surface area contributed by atoms with Crippen LogP contribution in [0.1, 0.15) is 11.3 Å². The van der Waals surface area contributed by atoms with Crippen LogP contribution in [0.25, 0.3) is 10.9 Å². The van der Waals surface area contributed by atoms with Gasteiger partial charge in [-0.15, -0.1) is 0 Å². The zero-order valence-corrected chi connectivity index (χ0v) is 10.5. The van der Waals surface area contributed by atoms with Crippen molar-refractivity contribution in [2.24, 2.45) is 0 Å². The largest absolute Gasteiger partial charge is 0.390 e. The van der Waals surface area contributed by atoms with Gasteiger partial charge in [0.2, 0.25) is 0 Å². The van der Waals surface area contributed by atoms with E-state index in [4.69, 9.17) is 0 Å². The molecule has 1 N–H and O–H groups in total. The number of imidazole rings is 1. The average Bonchev–Trinajstić information content (AvgIpc) is 2.92. The summed E-state index contributed by atoms with van der Waals surface area (Å²) < 4.78 is 1.97. The van der Waals surface area contributed by atoms with Crippen LogP contribution in [0.5, 0.6) is 0 Å². The molecule has 19 heavy (non-hydrogen) atoms. The highest BCUT2D eigenvalue weighted by atomic mass is 16.3. The molecule has 2 aromatic heterocycles. The second kappa shape index (κ2) is 5.20. The second-order valence-corrected chi connectivity index (χ2v) is 4.48. The molecule has 0 amide bonds. The Bertz CT molecular complexity index is 685. The number of aliphatic hydroxyl groups is 1. The van der Waals surface area contributed by atoms with Gasteiger partial charge in [0.25, 0.3) is 0 Å². The standard InChI is InChI=1S/C15H15N3O/c19-10-14-9-16-11-18(14)8-6-13-4-1-3-12-5-2-7-17-15(12)13/h1-5,7,9,11,19H,6,8,10H2. The van der Waals surface area contributed by atoms with Gasteiger partial charge in [-0.05, 0) is 18.1 Å². The third kappa shape index (κ3) is 2.35. The van der Waals surface area contributed by atoms with Crippen molar-refractivity contribution in [3.63, 3.8) is 0 Å².